The summed E-state index contributed by atoms with van der Waals surface area (Å²) in [6.07, 6.45) is 9.60. The van der Waals surface area contributed by atoms with Gasteiger partial charge in [-0.25, -0.2) is 0 Å². The Morgan fingerprint density at radius 3 is 2.33 bits per heavy atom. The molecule has 2 saturated carbocycles. The van der Waals surface area contributed by atoms with Gasteiger partial charge < -0.3 is 9.47 Å². The first kappa shape index (κ1) is 12.1. The minimum absolute atomic E-state index is 0.198. The van der Waals surface area contributed by atoms with Crippen molar-refractivity contribution in [3.05, 3.63) is 0 Å². The van der Waals surface area contributed by atoms with E-state index in [1.807, 2.05) is 0 Å². The molecule has 0 amide bonds. The molecule has 0 spiro atoms. The predicted molar refractivity (Wildman–Crippen MR) is 69.6 cm³/mol. The van der Waals surface area contributed by atoms with Crippen LogP contribution in [0.5, 0.6) is 0 Å². The Hall–Kier alpha value is 0.650. The Morgan fingerprint density at radius 1 is 1.07 bits per heavy atom. The van der Waals surface area contributed by atoms with Crippen LogP contribution in [-0.4, -0.2) is 29.3 Å². The number of hydrogen-bond acceptors (Lipinski definition) is 2. The van der Waals surface area contributed by atoms with Gasteiger partial charge in [0.15, 0.2) is 0 Å². The van der Waals surface area contributed by atoms with Crippen LogP contribution < -0.4 is 0 Å². The summed E-state index contributed by atoms with van der Waals surface area (Å²) in [7, 11) is 0. The molecule has 0 atom stereocenters. The maximum absolute atomic E-state index is 6.03. The van der Waals surface area contributed by atoms with E-state index in [0.29, 0.717) is 6.10 Å². The van der Waals surface area contributed by atoms with E-state index >= 15 is 0 Å². The Labute approximate surface area is 106 Å². The molecule has 88 valence electrons. The van der Waals surface area contributed by atoms with Crippen LogP contribution >= 0.6 is 22.6 Å². The molecular weight excluding hydrogens is 303 g/mol. The lowest BCUT2D eigenvalue weighted by molar-refractivity contribution is -0.0748. The monoisotopic (exact) mass is 324 g/mol. The third-order valence-electron chi connectivity index (χ3n) is 3.66. The molecule has 0 bridgehead atoms. The van der Waals surface area contributed by atoms with E-state index in [-0.39, 0.29) is 5.60 Å². The first-order valence-corrected chi connectivity index (χ1v) is 7.69. The summed E-state index contributed by atoms with van der Waals surface area (Å²) in [5.74, 6) is 0. The van der Waals surface area contributed by atoms with E-state index in [0.717, 1.165) is 17.6 Å². The normalized spacial score (nSPS) is 25.4. The van der Waals surface area contributed by atoms with Gasteiger partial charge in [0.1, 0.15) is 0 Å². The van der Waals surface area contributed by atoms with Crippen molar-refractivity contribution in [3.8, 4) is 0 Å². The lowest BCUT2D eigenvalue weighted by atomic mass is 9.96. The fourth-order valence-corrected chi connectivity index (χ4v) is 3.33. The quantitative estimate of drug-likeness (QED) is 0.424. The Bertz CT molecular complexity index is 186. The first-order chi connectivity index (χ1) is 7.35. The maximum Gasteiger partial charge on any atom is 0.0772 e. The average molecular weight is 324 g/mol. The van der Waals surface area contributed by atoms with Crippen molar-refractivity contribution < 1.29 is 9.47 Å². The molecule has 0 heterocycles. The van der Waals surface area contributed by atoms with Crippen molar-refractivity contribution in [1.29, 1.82) is 0 Å². The molecule has 0 aromatic heterocycles. The summed E-state index contributed by atoms with van der Waals surface area (Å²) in [6, 6.07) is 0. The van der Waals surface area contributed by atoms with Gasteiger partial charge in [0, 0.05) is 4.43 Å². The lowest BCUT2D eigenvalue weighted by Crippen LogP contribution is -2.33. The molecule has 2 rings (SSSR count). The van der Waals surface area contributed by atoms with Gasteiger partial charge in [-0.2, -0.15) is 0 Å². The molecule has 0 aromatic rings. The molecule has 2 aliphatic carbocycles. The molecule has 3 heteroatoms. The van der Waals surface area contributed by atoms with Crippen LogP contribution in [-0.2, 0) is 9.47 Å². The first-order valence-electron chi connectivity index (χ1n) is 6.16. The molecule has 2 nitrogen and oxygen atoms in total. The van der Waals surface area contributed by atoms with E-state index < -0.39 is 0 Å². The maximum atomic E-state index is 6.03. The molecule has 0 saturated heterocycles. The Balaban J connectivity index is 1.58. The summed E-state index contributed by atoms with van der Waals surface area (Å²) in [4.78, 5) is 0. The highest BCUT2D eigenvalue weighted by Gasteiger charge is 2.33. The summed E-state index contributed by atoms with van der Waals surface area (Å²) < 4.78 is 12.9. The predicted octanol–water partition coefficient (Wildman–Crippen LogP) is 3.32. The van der Waals surface area contributed by atoms with Gasteiger partial charge in [-0.3, -0.25) is 0 Å². The molecule has 0 aromatic carbocycles. The highest BCUT2D eigenvalue weighted by Crippen LogP contribution is 2.34. The number of hydrogen-bond donors (Lipinski definition) is 0. The van der Waals surface area contributed by atoms with Gasteiger partial charge in [-0.1, -0.05) is 35.4 Å². The molecule has 15 heavy (non-hydrogen) atoms. The van der Waals surface area contributed by atoms with Crippen molar-refractivity contribution in [2.24, 2.45) is 0 Å². The van der Waals surface area contributed by atoms with Crippen LogP contribution in [0.3, 0.4) is 0 Å². The Morgan fingerprint density at radius 2 is 1.80 bits per heavy atom. The van der Waals surface area contributed by atoms with Gasteiger partial charge in [0.25, 0.3) is 0 Å². The van der Waals surface area contributed by atoms with Gasteiger partial charge >= 0.3 is 0 Å². The zero-order chi connectivity index (χ0) is 10.6. The fraction of sp³-hybridized carbons (Fsp3) is 1.00. The van der Waals surface area contributed by atoms with Gasteiger partial charge in [0.2, 0.25) is 0 Å². The molecule has 2 fully saturated rings. The molecule has 0 N–H and O–H groups in total. The Kier molecular flexibility index (Phi) is 4.70. The van der Waals surface area contributed by atoms with Crippen LogP contribution in [0.25, 0.3) is 0 Å². The second kappa shape index (κ2) is 5.82. The van der Waals surface area contributed by atoms with E-state index in [1.165, 1.54) is 44.9 Å². The van der Waals surface area contributed by atoms with Crippen LogP contribution in [0.15, 0.2) is 0 Å². The smallest absolute Gasteiger partial charge is 0.0772 e. The number of ether oxygens (including phenoxy) is 2. The van der Waals surface area contributed by atoms with E-state index in [4.69, 9.17) is 9.47 Å². The second-order valence-electron chi connectivity index (χ2n) is 4.80. The molecular formula is C12H21IO2. The van der Waals surface area contributed by atoms with Gasteiger partial charge in [-0.05, 0) is 32.1 Å². The van der Waals surface area contributed by atoms with E-state index in [2.05, 4.69) is 22.6 Å². The van der Waals surface area contributed by atoms with Crippen molar-refractivity contribution in [2.75, 3.05) is 17.6 Å². The SMILES string of the molecule is ICC1(OCCOC2CCC2)CCCC1. The van der Waals surface area contributed by atoms with E-state index in [1.54, 1.807) is 0 Å². The lowest BCUT2D eigenvalue weighted by Gasteiger charge is -2.29. The van der Waals surface area contributed by atoms with Crippen molar-refractivity contribution in [1.82, 2.24) is 0 Å². The van der Waals surface area contributed by atoms with Crippen LogP contribution in [0.2, 0.25) is 0 Å². The summed E-state index contributed by atoms with van der Waals surface area (Å²) in [5, 5.41) is 0. The van der Waals surface area contributed by atoms with Gasteiger partial charge in [-0.15, -0.1) is 0 Å². The van der Waals surface area contributed by atoms with Crippen molar-refractivity contribution in [2.45, 2.75) is 56.7 Å². The van der Waals surface area contributed by atoms with Crippen LogP contribution in [0, 0.1) is 0 Å². The van der Waals surface area contributed by atoms with Crippen LogP contribution in [0.1, 0.15) is 44.9 Å². The second-order valence-corrected chi connectivity index (χ2v) is 5.56. The van der Waals surface area contributed by atoms with E-state index in [9.17, 15) is 0 Å². The molecule has 2 aliphatic rings. The zero-order valence-electron chi connectivity index (χ0n) is 9.34. The topological polar surface area (TPSA) is 18.5 Å². The van der Waals surface area contributed by atoms with Gasteiger partial charge in [0.05, 0.1) is 24.9 Å². The molecule has 0 unspecified atom stereocenters. The zero-order valence-corrected chi connectivity index (χ0v) is 11.5. The highest BCUT2D eigenvalue weighted by molar-refractivity contribution is 14.1. The van der Waals surface area contributed by atoms with Crippen molar-refractivity contribution in [3.63, 3.8) is 0 Å². The standard InChI is InChI=1S/C12H21IO2/c13-10-12(6-1-2-7-12)15-9-8-14-11-4-3-5-11/h11H,1-10H2. The average Bonchev–Trinajstić information content (AvgIpc) is 2.64. The minimum atomic E-state index is 0.198. The minimum Gasteiger partial charge on any atom is -0.376 e. The fourth-order valence-electron chi connectivity index (χ4n) is 2.35. The summed E-state index contributed by atoms with van der Waals surface area (Å²) in [5.41, 5.74) is 0.198. The third kappa shape index (κ3) is 3.30. The number of rotatable bonds is 6. The number of alkyl halides is 1. The largest absolute Gasteiger partial charge is 0.376 e. The third-order valence-corrected chi connectivity index (χ3v) is 5.05. The summed E-state index contributed by atoms with van der Waals surface area (Å²) in [6.45, 7) is 1.59. The van der Waals surface area contributed by atoms with Crippen LogP contribution in [0.4, 0.5) is 0 Å². The molecule has 0 radical (unpaired) electrons. The van der Waals surface area contributed by atoms with Crippen molar-refractivity contribution >= 4 is 22.6 Å². The highest BCUT2D eigenvalue weighted by atomic mass is 127. The number of halogens is 1. The molecule has 0 aliphatic heterocycles. The summed E-state index contributed by atoms with van der Waals surface area (Å²) >= 11 is 2.46.